The molecule has 0 saturated carbocycles. The molecule has 0 N–H and O–H groups in total. The molecule has 0 amide bonds. The smallest absolute Gasteiger partial charge is 0.224 e. The molecule has 0 aliphatic carbocycles. The summed E-state index contributed by atoms with van der Waals surface area (Å²) in [6.45, 7) is 12.2. The molecule has 18 heavy (non-hydrogen) atoms. The summed E-state index contributed by atoms with van der Waals surface area (Å²) in [7, 11) is -1.80. The van der Waals surface area contributed by atoms with Gasteiger partial charge < -0.3 is 4.43 Å². The molecular formula is C16H28OSi. The molecular weight excluding hydrogens is 236 g/mol. The van der Waals surface area contributed by atoms with Crippen LogP contribution in [0.25, 0.3) is 0 Å². The molecule has 0 aliphatic rings. The third-order valence-electron chi connectivity index (χ3n) is 3.20. The number of hydrogen-bond donors (Lipinski definition) is 0. The minimum atomic E-state index is -1.80. The van der Waals surface area contributed by atoms with Crippen LogP contribution in [0.2, 0.25) is 12.1 Å². The van der Waals surface area contributed by atoms with Gasteiger partial charge in [0, 0.05) is 6.61 Å². The maximum Gasteiger partial charge on any atom is 0.224 e. The first-order chi connectivity index (χ1) is 8.50. The van der Waals surface area contributed by atoms with Crippen LogP contribution in [-0.2, 0) is 4.43 Å². The molecule has 0 heterocycles. The van der Waals surface area contributed by atoms with E-state index in [1.165, 1.54) is 17.3 Å². The summed E-state index contributed by atoms with van der Waals surface area (Å²) in [4.78, 5) is 0. The van der Waals surface area contributed by atoms with Crippen molar-refractivity contribution in [2.24, 2.45) is 11.8 Å². The Bertz CT molecular complexity index is 322. The van der Waals surface area contributed by atoms with Crippen LogP contribution in [0.15, 0.2) is 30.3 Å². The highest BCUT2D eigenvalue weighted by molar-refractivity contribution is 6.86. The van der Waals surface area contributed by atoms with Gasteiger partial charge in [-0.2, -0.15) is 0 Å². The highest BCUT2D eigenvalue weighted by atomic mass is 28.4. The van der Waals surface area contributed by atoms with Gasteiger partial charge in [-0.15, -0.1) is 0 Å². The first kappa shape index (κ1) is 15.5. The molecule has 2 heteroatoms. The second-order valence-electron chi connectivity index (χ2n) is 5.99. The van der Waals surface area contributed by atoms with Gasteiger partial charge in [-0.1, -0.05) is 58.0 Å². The van der Waals surface area contributed by atoms with Gasteiger partial charge in [-0.3, -0.25) is 0 Å². The molecule has 0 fully saturated rings. The topological polar surface area (TPSA) is 9.23 Å². The van der Waals surface area contributed by atoms with Crippen molar-refractivity contribution in [3.63, 3.8) is 0 Å². The van der Waals surface area contributed by atoms with E-state index in [1.807, 2.05) is 0 Å². The lowest BCUT2D eigenvalue weighted by Crippen LogP contribution is -2.52. The normalized spacial score (nSPS) is 12.4. The fourth-order valence-corrected chi connectivity index (χ4v) is 7.89. The summed E-state index contributed by atoms with van der Waals surface area (Å²) in [5, 5.41) is 1.47. The van der Waals surface area contributed by atoms with Crippen molar-refractivity contribution in [3.05, 3.63) is 30.3 Å². The Balaban J connectivity index is 3.10. The van der Waals surface area contributed by atoms with Crippen molar-refractivity contribution >= 4 is 13.5 Å². The molecule has 102 valence electrons. The van der Waals surface area contributed by atoms with Crippen molar-refractivity contribution in [2.75, 3.05) is 6.61 Å². The molecule has 0 radical (unpaired) electrons. The van der Waals surface area contributed by atoms with Gasteiger partial charge in [0.1, 0.15) is 0 Å². The van der Waals surface area contributed by atoms with Crippen molar-refractivity contribution in [3.8, 4) is 0 Å². The second-order valence-corrected chi connectivity index (χ2v) is 9.66. The minimum Gasteiger partial charge on any atom is -0.413 e. The molecule has 0 atom stereocenters. The van der Waals surface area contributed by atoms with Gasteiger partial charge in [0.05, 0.1) is 0 Å². The lowest BCUT2D eigenvalue weighted by atomic mass is 10.3. The summed E-state index contributed by atoms with van der Waals surface area (Å²) in [5.74, 6) is 1.39. The van der Waals surface area contributed by atoms with E-state index in [0.717, 1.165) is 6.61 Å². The monoisotopic (exact) mass is 264 g/mol. The van der Waals surface area contributed by atoms with Gasteiger partial charge in [0.25, 0.3) is 0 Å². The van der Waals surface area contributed by atoms with E-state index < -0.39 is 8.32 Å². The van der Waals surface area contributed by atoms with Crippen LogP contribution < -0.4 is 5.19 Å². The van der Waals surface area contributed by atoms with E-state index in [2.05, 4.69) is 65.0 Å². The Hall–Kier alpha value is -0.603. The van der Waals surface area contributed by atoms with Crippen LogP contribution in [0.1, 0.15) is 34.6 Å². The zero-order chi connectivity index (χ0) is 13.6. The van der Waals surface area contributed by atoms with Crippen molar-refractivity contribution in [2.45, 2.75) is 46.7 Å². The average molecular weight is 264 g/mol. The Labute approximate surface area is 114 Å². The average Bonchev–Trinajstić information content (AvgIpc) is 2.28. The third-order valence-corrected chi connectivity index (χ3v) is 8.38. The molecule has 0 unspecified atom stereocenters. The maximum atomic E-state index is 6.38. The Morgan fingerprint density at radius 1 is 0.944 bits per heavy atom. The van der Waals surface area contributed by atoms with Crippen molar-refractivity contribution < 1.29 is 4.43 Å². The van der Waals surface area contributed by atoms with E-state index in [9.17, 15) is 0 Å². The van der Waals surface area contributed by atoms with Gasteiger partial charge in [0.15, 0.2) is 0 Å². The van der Waals surface area contributed by atoms with Gasteiger partial charge >= 0.3 is 0 Å². The fraction of sp³-hybridized carbons (Fsp3) is 0.625. The summed E-state index contributed by atoms with van der Waals surface area (Å²) in [6, 6.07) is 13.4. The molecule has 0 spiro atoms. The Morgan fingerprint density at radius 2 is 1.44 bits per heavy atom. The third kappa shape index (κ3) is 4.25. The fourth-order valence-electron chi connectivity index (χ4n) is 2.86. The number of rotatable bonds is 7. The zero-order valence-corrected chi connectivity index (χ0v) is 13.6. The van der Waals surface area contributed by atoms with Crippen LogP contribution in [0, 0.1) is 11.8 Å². The molecule has 1 nitrogen and oxygen atoms in total. The van der Waals surface area contributed by atoms with Crippen molar-refractivity contribution in [1.82, 2.24) is 0 Å². The highest BCUT2D eigenvalue weighted by Crippen LogP contribution is 2.26. The van der Waals surface area contributed by atoms with E-state index >= 15 is 0 Å². The SMILES string of the molecule is CCO[Si](CC(C)C)(CC(C)C)c1ccccc1. The largest absolute Gasteiger partial charge is 0.413 e. The predicted octanol–water partition coefficient (Wildman–Crippen LogP) is 4.19. The van der Waals surface area contributed by atoms with Gasteiger partial charge in [-0.05, 0) is 36.0 Å². The van der Waals surface area contributed by atoms with E-state index in [4.69, 9.17) is 4.43 Å². The van der Waals surface area contributed by atoms with Crippen LogP contribution in [0.3, 0.4) is 0 Å². The van der Waals surface area contributed by atoms with Crippen LogP contribution in [0.5, 0.6) is 0 Å². The first-order valence-corrected chi connectivity index (χ1v) is 9.52. The van der Waals surface area contributed by atoms with E-state index in [-0.39, 0.29) is 0 Å². The number of hydrogen-bond acceptors (Lipinski definition) is 1. The molecule has 1 aromatic rings. The van der Waals surface area contributed by atoms with Crippen LogP contribution >= 0.6 is 0 Å². The first-order valence-electron chi connectivity index (χ1n) is 7.19. The standard InChI is InChI=1S/C16H28OSi/c1-6-17-18(12-14(2)3,13-15(4)5)16-10-8-7-9-11-16/h7-11,14-15H,6,12-13H2,1-5H3. The molecule has 0 saturated heterocycles. The van der Waals surface area contributed by atoms with Crippen LogP contribution in [0.4, 0.5) is 0 Å². The van der Waals surface area contributed by atoms with Gasteiger partial charge in [-0.25, -0.2) is 0 Å². The summed E-state index contributed by atoms with van der Waals surface area (Å²) in [6.07, 6.45) is 0. The Kier molecular flexibility index (Phi) is 6.10. The summed E-state index contributed by atoms with van der Waals surface area (Å²) in [5.41, 5.74) is 0. The van der Waals surface area contributed by atoms with E-state index in [1.54, 1.807) is 0 Å². The zero-order valence-electron chi connectivity index (χ0n) is 12.6. The second kappa shape index (κ2) is 7.10. The predicted molar refractivity (Wildman–Crippen MR) is 82.7 cm³/mol. The molecule has 1 aromatic carbocycles. The lowest BCUT2D eigenvalue weighted by Gasteiger charge is -2.34. The maximum absolute atomic E-state index is 6.38. The molecule has 0 aromatic heterocycles. The highest BCUT2D eigenvalue weighted by Gasteiger charge is 2.38. The summed E-state index contributed by atoms with van der Waals surface area (Å²) >= 11 is 0. The summed E-state index contributed by atoms with van der Waals surface area (Å²) < 4.78 is 6.38. The van der Waals surface area contributed by atoms with Crippen molar-refractivity contribution in [1.29, 1.82) is 0 Å². The molecule has 0 bridgehead atoms. The lowest BCUT2D eigenvalue weighted by molar-refractivity contribution is 0.319. The molecule has 1 rings (SSSR count). The number of benzene rings is 1. The van der Waals surface area contributed by atoms with E-state index in [0.29, 0.717) is 11.8 Å². The van der Waals surface area contributed by atoms with Crippen LogP contribution in [-0.4, -0.2) is 14.9 Å². The van der Waals surface area contributed by atoms with Gasteiger partial charge in [0.2, 0.25) is 8.32 Å². The Morgan fingerprint density at radius 3 is 1.83 bits per heavy atom. The molecule has 0 aliphatic heterocycles. The minimum absolute atomic E-state index is 0.696. The quantitative estimate of drug-likeness (QED) is 0.671.